The quantitative estimate of drug-likeness (QED) is 0.314. The van der Waals surface area contributed by atoms with Crippen LogP contribution in [0.5, 0.6) is 5.75 Å². The van der Waals surface area contributed by atoms with Gasteiger partial charge in [-0.05, 0) is 42.0 Å². The molecule has 1 aliphatic heterocycles. The number of aromatic nitrogens is 1. The van der Waals surface area contributed by atoms with Crippen molar-refractivity contribution >= 4 is 45.7 Å². The molecule has 0 spiro atoms. The second-order valence-electron chi connectivity index (χ2n) is 7.69. The van der Waals surface area contributed by atoms with Gasteiger partial charge in [0, 0.05) is 28.0 Å². The van der Waals surface area contributed by atoms with Crippen molar-refractivity contribution < 1.29 is 9.53 Å². The van der Waals surface area contributed by atoms with Crippen molar-refractivity contribution in [2.24, 2.45) is 5.10 Å². The summed E-state index contributed by atoms with van der Waals surface area (Å²) in [4.78, 5) is 18.1. The number of methoxy groups -OCH3 is 1. The molecule has 2 heterocycles. The molecule has 1 aliphatic rings. The Kier molecular flexibility index (Phi) is 5.75. The van der Waals surface area contributed by atoms with Crippen LogP contribution in [-0.4, -0.2) is 28.7 Å². The Morgan fingerprint density at radius 2 is 1.79 bits per heavy atom. The number of ether oxygens (including phenoxy) is 1. The van der Waals surface area contributed by atoms with Crippen LogP contribution in [0.2, 0.25) is 10.2 Å². The van der Waals surface area contributed by atoms with Gasteiger partial charge in [-0.15, -0.1) is 0 Å². The van der Waals surface area contributed by atoms with E-state index in [-0.39, 0.29) is 5.91 Å². The summed E-state index contributed by atoms with van der Waals surface area (Å²) in [6.45, 7) is 0. The lowest BCUT2D eigenvalue weighted by molar-refractivity contribution is 0.0711. The minimum atomic E-state index is -0.415. The first-order valence-electron chi connectivity index (χ1n) is 10.4. The molecule has 5 nitrogen and oxygen atoms in total. The highest BCUT2D eigenvalue weighted by molar-refractivity contribution is 6.31. The lowest BCUT2D eigenvalue weighted by Gasteiger charge is -2.23. The number of para-hydroxylation sites is 1. The second-order valence-corrected chi connectivity index (χ2v) is 8.49. The molecular formula is C26H19Cl2N3O2. The van der Waals surface area contributed by atoms with Gasteiger partial charge in [-0.2, -0.15) is 5.10 Å². The summed E-state index contributed by atoms with van der Waals surface area (Å²) in [6.07, 6.45) is 0.482. The smallest absolute Gasteiger partial charge is 0.274 e. The van der Waals surface area contributed by atoms with Crippen molar-refractivity contribution in [2.75, 3.05) is 7.11 Å². The number of nitrogens with zero attached hydrogens (tertiary/aromatic N) is 3. The summed E-state index contributed by atoms with van der Waals surface area (Å²) in [5, 5.41) is 8.01. The van der Waals surface area contributed by atoms with E-state index in [4.69, 9.17) is 33.0 Å². The number of hydrogen-bond donors (Lipinski definition) is 0. The molecule has 33 heavy (non-hydrogen) atoms. The SMILES string of the molecule is COc1cccc2cc([C@H]3CC(c4cccc(Cl)c4)=NN3C(=O)c3ccccc3)c(Cl)nc12. The first kappa shape index (κ1) is 21.4. The third kappa shape index (κ3) is 4.06. The van der Waals surface area contributed by atoms with Gasteiger partial charge in [0.25, 0.3) is 5.91 Å². The third-order valence-electron chi connectivity index (χ3n) is 5.67. The Labute approximate surface area is 201 Å². The molecule has 3 aromatic carbocycles. The Hall–Kier alpha value is -3.41. The van der Waals surface area contributed by atoms with Gasteiger partial charge in [0.15, 0.2) is 0 Å². The van der Waals surface area contributed by atoms with E-state index in [1.807, 2.05) is 66.7 Å². The molecule has 1 aromatic heterocycles. The average Bonchev–Trinajstić information content (AvgIpc) is 3.28. The monoisotopic (exact) mass is 475 g/mol. The molecule has 5 rings (SSSR count). The Morgan fingerprint density at radius 3 is 2.55 bits per heavy atom. The number of benzene rings is 3. The van der Waals surface area contributed by atoms with Crippen LogP contribution < -0.4 is 4.74 Å². The summed E-state index contributed by atoms with van der Waals surface area (Å²) in [7, 11) is 1.60. The maximum Gasteiger partial charge on any atom is 0.274 e. The number of amides is 1. The third-order valence-corrected chi connectivity index (χ3v) is 6.20. The number of halogens is 2. The standard InChI is InChI=1S/C26H19Cl2N3O2/c1-33-23-12-6-10-18-14-20(25(28)29-24(18)23)22-15-21(17-9-5-11-19(27)13-17)30-31(22)26(32)16-7-3-2-4-8-16/h2-14,22H,15H2,1H3/t22-/m1/s1. The number of carbonyl (C=O) groups excluding carboxylic acids is 1. The van der Waals surface area contributed by atoms with Crippen molar-refractivity contribution in [3.63, 3.8) is 0 Å². The average molecular weight is 476 g/mol. The number of pyridine rings is 1. The number of rotatable bonds is 4. The van der Waals surface area contributed by atoms with E-state index in [2.05, 4.69) is 4.98 Å². The minimum Gasteiger partial charge on any atom is -0.494 e. The molecular weight excluding hydrogens is 457 g/mol. The molecule has 0 N–H and O–H groups in total. The van der Waals surface area contributed by atoms with Crippen LogP contribution in [-0.2, 0) is 0 Å². The van der Waals surface area contributed by atoms with Crippen molar-refractivity contribution in [3.05, 3.63) is 106 Å². The fraction of sp³-hybridized carbons (Fsp3) is 0.115. The highest BCUT2D eigenvalue weighted by atomic mass is 35.5. The first-order chi connectivity index (χ1) is 16.0. The lowest BCUT2D eigenvalue weighted by atomic mass is 9.98. The van der Waals surface area contributed by atoms with Crippen LogP contribution >= 0.6 is 23.2 Å². The molecule has 0 fully saturated rings. The van der Waals surface area contributed by atoms with Crippen LogP contribution in [0.25, 0.3) is 10.9 Å². The van der Waals surface area contributed by atoms with Crippen molar-refractivity contribution in [1.82, 2.24) is 9.99 Å². The van der Waals surface area contributed by atoms with Crippen LogP contribution in [0.4, 0.5) is 0 Å². The van der Waals surface area contributed by atoms with E-state index in [0.29, 0.717) is 33.4 Å². The minimum absolute atomic E-state index is 0.209. The maximum absolute atomic E-state index is 13.5. The first-order valence-corrected chi connectivity index (χ1v) is 11.2. The van der Waals surface area contributed by atoms with Gasteiger partial charge in [-0.1, -0.05) is 65.7 Å². The van der Waals surface area contributed by atoms with Crippen LogP contribution in [0.3, 0.4) is 0 Å². The fourth-order valence-corrected chi connectivity index (χ4v) is 4.51. The number of hydrazone groups is 1. The molecule has 7 heteroatoms. The summed E-state index contributed by atoms with van der Waals surface area (Å²) >= 11 is 12.9. The number of hydrogen-bond acceptors (Lipinski definition) is 4. The zero-order chi connectivity index (χ0) is 22.9. The zero-order valence-corrected chi connectivity index (χ0v) is 19.2. The predicted molar refractivity (Wildman–Crippen MR) is 131 cm³/mol. The molecule has 0 saturated heterocycles. The lowest BCUT2D eigenvalue weighted by Crippen LogP contribution is -2.27. The van der Waals surface area contributed by atoms with E-state index in [9.17, 15) is 4.79 Å². The Balaban J connectivity index is 1.62. The van der Waals surface area contributed by atoms with Gasteiger partial charge in [0.1, 0.15) is 16.4 Å². The van der Waals surface area contributed by atoms with Gasteiger partial charge in [0.2, 0.25) is 0 Å². The van der Waals surface area contributed by atoms with Gasteiger partial charge in [-0.25, -0.2) is 9.99 Å². The highest BCUT2D eigenvalue weighted by Crippen LogP contribution is 2.39. The van der Waals surface area contributed by atoms with E-state index >= 15 is 0 Å². The predicted octanol–water partition coefficient (Wildman–Crippen LogP) is 6.54. The maximum atomic E-state index is 13.5. The summed E-state index contributed by atoms with van der Waals surface area (Å²) in [5.41, 5.74) is 3.56. The van der Waals surface area contributed by atoms with Crippen molar-refractivity contribution in [1.29, 1.82) is 0 Å². The zero-order valence-electron chi connectivity index (χ0n) is 17.7. The normalized spacial score (nSPS) is 15.5. The topological polar surface area (TPSA) is 54.8 Å². The van der Waals surface area contributed by atoms with Gasteiger partial charge < -0.3 is 4.74 Å². The molecule has 1 amide bonds. The largest absolute Gasteiger partial charge is 0.494 e. The molecule has 1 atom stereocenters. The molecule has 0 radical (unpaired) electrons. The van der Waals surface area contributed by atoms with Crippen LogP contribution in [0.15, 0.2) is 84.0 Å². The van der Waals surface area contributed by atoms with E-state index in [1.54, 1.807) is 19.2 Å². The highest BCUT2D eigenvalue weighted by Gasteiger charge is 2.35. The van der Waals surface area contributed by atoms with Gasteiger partial charge in [0.05, 0.1) is 18.9 Å². The van der Waals surface area contributed by atoms with Crippen LogP contribution in [0, 0.1) is 0 Å². The van der Waals surface area contributed by atoms with Crippen molar-refractivity contribution in [2.45, 2.75) is 12.5 Å². The van der Waals surface area contributed by atoms with E-state index < -0.39 is 6.04 Å². The number of fused-ring (bicyclic) bond motifs is 1. The van der Waals surface area contributed by atoms with Crippen LogP contribution in [0.1, 0.15) is 33.9 Å². The second kappa shape index (κ2) is 8.85. The van der Waals surface area contributed by atoms with E-state index in [1.165, 1.54) is 5.01 Å². The Bertz CT molecular complexity index is 1390. The Morgan fingerprint density at radius 1 is 1.00 bits per heavy atom. The summed E-state index contributed by atoms with van der Waals surface area (Å²) in [5.74, 6) is 0.430. The fourth-order valence-electron chi connectivity index (χ4n) is 4.06. The van der Waals surface area contributed by atoms with Crippen molar-refractivity contribution in [3.8, 4) is 5.75 Å². The molecule has 0 bridgehead atoms. The summed E-state index contributed by atoms with van der Waals surface area (Å²) < 4.78 is 5.43. The molecule has 164 valence electrons. The summed E-state index contributed by atoms with van der Waals surface area (Å²) in [6, 6.07) is 23.8. The molecule has 0 saturated carbocycles. The molecule has 0 aliphatic carbocycles. The molecule has 4 aromatic rings. The molecule has 0 unspecified atom stereocenters. The van der Waals surface area contributed by atoms with Gasteiger partial charge >= 0.3 is 0 Å². The van der Waals surface area contributed by atoms with Gasteiger partial charge in [-0.3, -0.25) is 4.79 Å². The number of carbonyl (C=O) groups is 1. The van der Waals surface area contributed by atoms with E-state index in [0.717, 1.165) is 22.2 Å².